The van der Waals surface area contributed by atoms with Crippen LogP contribution in [0.1, 0.15) is 43.7 Å². The first-order valence-electron chi connectivity index (χ1n) is 11.4. The first-order chi connectivity index (χ1) is 16.1. The lowest BCUT2D eigenvalue weighted by Gasteiger charge is -2.31. The van der Waals surface area contributed by atoms with E-state index in [9.17, 15) is 18.0 Å². The van der Waals surface area contributed by atoms with E-state index in [4.69, 9.17) is 11.6 Å². The van der Waals surface area contributed by atoms with E-state index in [1.54, 1.807) is 6.92 Å². The highest BCUT2D eigenvalue weighted by atomic mass is 35.5. The van der Waals surface area contributed by atoms with Crippen LogP contribution >= 0.6 is 11.6 Å². The Kier molecular flexibility index (Phi) is 8.73. The highest BCUT2D eigenvalue weighted by Gasteiger charge is 2.31. The third kappa shape index (κ3) is 6.58. The number of nitrogens with one attached hydrogen (secondary N) is 1. The minimum Gasteiger partial charge on any atom is -0.352 e. The van der Waals surface area contributed by atoms with Crippen LogP contribution in [0.25, 0.3) is 0 Å². The van der Waals surface area contributed by atoms with Gasteiger partial charge in [-0.3, -0.25) is 9.59 Å². The highest BCUT2D eigenvalue weighted by Crippen LogP contribution is 2.20. The Morgan fingerprint density at radius 3 is 2.24 bits per heavy atom. The molecule has 1 aliphatic carbocycles. The van der Waals surface area contributed by atoms with E-state index in [1.165, 1.54) is 36.2 Å². The molecule has 34 heavy (non-hydrogen) atoms. The van der Waals surface area contributed by atoms with E-state index in [0.717, 1.165) is 41.1 Å². The largest absolute Gasteiger partial charge is 0.352 e. The molecule has 2 aromatic rings. The number of hydrogen-bond acceptors (Lipinski definition) is 4. The fourth-order valence-electron chi connectivity index (χ4n) is 4.02. The zero-order valence-corrected chi connectivity index (χ0v) is 21.4. The molecule has 0 saturated heterocycles. The third-order valence-electron chi connectivity index (χ3n) is 6.22. The first-order valence-corrected chi connectivity index (χ1v) is 13.3. The molecule has 7 nitrogen and oxygen atoms in total. The molecule has 2 amide bonds. The Morgan fingerprint density at radius 1 is 1.06 bits per heavy atom. The fourth-order valence-corrected chi connectivity index (χ4v) is 5.26. The topological polar surface area (TPSA) is 86.8 Å². The van der Waals surface area contributed by atoms with Crippen LogP contribution in [0.15, 0.2) is 53.4 Å². The monoisotopic (exact) mass is 505 g/mol. The van der Waals surface area contributed by atoms with Crippen LogP contribution in [0.3, 0.4) is 0 Å². The van der Waals surface area contributed by atoms with Crippen molar-refractivity contribution in [2.75, 3.05) is 13.6 Å². The Hall–Kier alpha value is -2.42. The molecule has 2 aromatic carbocycles. The summed E-state index contributed by atoms with van der Waals surface area (Å²) in [6, 6.07) is 12.9. The predicted octanol–water partition coefficient (Wildman–Crippen LogP) is 3.75. The summed E-state index contributed by atoms with van der Waals surface area (Å²) in [4.78, 5) is 27.8. The number of aryl methyl sites for hydroxylation is 1. The lowest BCUT2D eigenvalue weighted by atomic mass is 10.1. The van der Waals surface area contributed by atoms with Crippen molar-refractivity contribution in [3.8, 4) is 0 Å². The average molecular weight is 506 g/mol. The predicted molar refractivity (Wildman–Crippen MR) is 133 cm³/mol. The van der Waals surface area contributed by atoms with Crippen LogP contribution in [0, 0.1) is 6.92 Å². The second-order valence-electron chi connectivity index (χ2n) is 8.89. The minimum atomic E-state index is -3.90. The maximum atomic E-state index is 13.4. The molecule has 1 N–H and O–H groups in total. The molecular formula is C25H32ClN3O4S. The number of carbonyl (C=O) groups excluding carboxylic acids is 2. The van der Waals surface area contributed by atoms with Gasteiger partial charge in [0.25, 0.3) is 0 Å². The molecule has 1 saturated carbocycles. The highest BCUT2D eigenvalue weighted by molar-refractivity contribution is 7.89. The number of nitrogens with zero attached hydrogens (tertiary/aromatic N) is 2. The van der Waals surface area contributed by atoms with Crippen LogP contribution in [0.2, 0.25) is 5.02 Å². The van der Waals surface area contributed by atoms with Gasteiger partial charge in [-0.05, 0) is 56.5 Å². The Bertz CT molecular complexity index is 1100. The van der Waals surface area contributed by atoms with Crippen molar-refractivity contribution in [2.24, 2.45) is 0 Å². The molecule has 0 bridgehead atoms. The summed E-state index contributed by atoms with van der Waals surface area (Å²) < 4.78 is 26.9. The van der Waals surface area contributed by atoms with Crippen molar-refractivity contribution in [3.05, 3.63) is 64.7 Å². The van der Waals surface area contributed by atoms with Gasteiger partial charge in [-0.2, -0.15) is 4.31 Å². The van der Waals surface area contributed by atoms with Crippen LogP contribution in [-0.4, -0.2) is 55.1 Å². The molecule has 0 aromatic heterocycles. The van der Waals surface area contributed by atoms with Crippen molar-refractivity contribution in [2.45, 2.75) is 63.1 Å². The second kappa shape index (κ2) is 11.3. The standard InChI is InChI=1S/C25H32ClN3O4S/c1-18-8-10-20(11-9-18)16-29(19(2)25(31)27-22-6-4-5-7-22)24(30)17-28(3)34(32,33)23-14-12-21(26)13-15-23/h8-15,19,22H,4-7,16-17H2,1-3H3,(H,27,31). The Labute approximate surface area is 207 Å². The number of benzene rings is 2. The van der Waals surface area contributed by atoms with Gasteiger partial charge in [0.05, 0.1) is 11.4 Å². The number of rotatable bonds is 9. The maximum Gasteiger partial charge on any atom is 0.243 e. The molecule has 9 heteroatoms. The van der Waals surface area contributed by atoms with E-state index in [2.05, 4.69) is 5.32 Å². The van der Waals surface area contributed by atoms with Crippen LogP contribution in [0.4, 0.5) is 0 Å². The molecular weight excluding hydrogens is 474 g/mol. The van der Waals surface area contributed by atoms with Gasteiger partial charge in [-0.15, -0.1) is 0 Å². The molecule has 0 spiro atoms. The van der Waals surface area contributed by atoms with Crippen molar-refractivity contribution < 1.29 is 18.0 Å². The summed E-state index contributed by atoms with van der Waals surface area (Å²) in [5, 5.41) is 3.47. The van der Waals surface area contributed by atoms with Gasteiger partial charge in [0.2, 0.25) is 21.8 Å². The quantitative estimate of drug-likeness (QED) is 0.562. The smallest absolute Gasteiger partial charge is 0.243 e. The van der Waals surface area contributed by atoms with E-state index in [1.807, 2.05) is 31.2 Å². The van der Waals surface area contributed by atoms with Crippen molar-refractivity contribution in [1.82, 2.24) is 14.5 Å². The van der Waals surface area contributed by atoms with Crippen LogP contribution < -0.4 is 5.32 Å². The number of amides is 2. The minimum absolute atomic E-state index is 0.0457. The zero-order chi connectivity index (χ0) is 24.9. The lowest BCUT2D eigenvalue weighted by molar-refractivity contribution is -0.140. The lowest BCUT2D eigenvalue weighted by Crippen LogP contribution is -2.52. The maximum absolute atomic E-state index is 13.4. The molecule has 184 valence electrons. The molecule has 1 atom stereocenters. The number of halogens is 1. The molecule has 0 aliphatic heterocycles. The van der Waals surface area contributed by atoms with Gasteiger partial charge in [-0.1, -0.05) is 54.3 Å². The second-order valence-corrected chi connectivity index (χ2v) is 11.4. The van der Waals surface area contributed by atoms with Gasteiger partial charge in [0.15, 0.2) is 0 Å². The zero-order valence-electron chi connectivity index (χ0n) is 19.8. The van der Waals surface area contributed by atoms with E-state index >= 15 is 0 Å². The summed E-state index contributed by atoms with van der Waals surface area (Å²) >= 11 is 5.87. The Morgan fingerprint density at radius 2 is 1.65 bits per heavy atom. The number of sulfonamides is 1. The van der Waals surface area contributed by atoms with Crippen LogP contribution in [0.5, 0.6) is 0 Å². The van der Waals surface area contributed by atoms with Gasteiger partial charge >= 0.3 is 0 Å². The molecule has 3 rings (SSSR count). The third-order valence-corrected chi connectivity index (χ3v) is 8.29. The van der Waals surface area contributed by atoms with Crippen LogP contribution in [-0.2, 0) is 26.2 Å². The van der Waals surface area contributed by atoms with Crippen molar-refractivity contribution in [1.29, 1.82) is 0 Å². The van der Waals surface area contributed by atoms with Gasteiger partial charge in [0.1, 0.15) is 6.04 Å². The summed E-state index contributed by atoms with van der Waals surface area (Å²) in [5.74, 6) is -0.676. The number of likely N-dealkylation sites (N-methyl/N-ethyl adjacent to an activating group) is 1. The summed E-state index contributed by atoms with van der Waals surface area (Å²) in [5.41, 5.74) is 1.95. The molecule has 1 aliphatic rings. The Balaban J connectivity index is 1.78. The number of carbonyl (C=O) groups is 2. The average Bonchev–Trinajstić information content (AvgIpc) is 3.31. The summed E-state index contributed by atoms with van der Waals surface area (Å²) in [6.07, 6.45) is 4.04. The van der Waals surface area contributed by atoms with E-state index < -0.39 is 28.5 Å². The normalized spacial score (nSPS) is 15.3. The van der Waals surface area contributed by atoms with Gasteiger partial charge in [0, 0.05) is 24.7 Å². The van der Waals surface area contributed by atoms with E-state index in [-0.39, 0.29) is 23.4 Å². The summed E-state index contributed by atoms with van der Waals surface area (Å²) in [7, 11) is -2.54. The molecule has 0 radical (unpaired) electrons. The summed E-state index contributed by atoms with van der Waals surface area (Å²) in [6.45, 7) is 3.47. The fraction of sp³-hybridized carbons (Fsp3) is 0.440. The first kappa shape index (κ1) is 26.2. The number of hydrogen-bond donors (Lipinski definition) is 1. The molecule has 1 unspecified atom stereocenters. The van der Waals surface area contributed by atoms with Crippen molar-refractivity contribution in [3.63, 3.8) is 0 Å². The van der Waals surface area contributed by atoms with Gasteiger partial charge in [-0.25, -0.2) is 8.42 Å². The molecule has 1 fully saturated rings. The SMILES string of the molecule is Cc1ccc(CN(C(=O)CN(C)S(=O)(=O)c2ccc(Cl)cc2)C(C)C(=O)NC2CCCC2)cc1. The van der Waals surface area contributed by atoms with E-state index in [0.29, 0.717) is 5.02 Å². The van der Waals surface area contributed by atoms with Crippen molar-refractivity contribution >= 4 is 33.4 Å². The van der Waals surface area contributed by atoms with Gasteiger partial charge < -0.3 is 10.2 Å². The molecule has 0 heterocycles.